The Morgan fingerprint density at radius 1 is 1.40 bits per heavy atom. The van der Waals surface area contributed by atoms with Crippen LogP contribution in [0.1, 0.15) is 12.5 Å². The van der Waals surface area contributed by atoms with E-state index in [1.165, 1.54) is 6.07 Å². The van der Waals surface area contributed by atoms with Gasteiger partial charge in [-0.15, -0.1) is 5.10 Å². The summed E-state index contributed by atoms with van der Waals surface area (Å²) in [5.74, 6) is 0.832. The van der Waals surface area contributed by atoms with Gasteiger partial charge in [-0.25, -0.2) is 4.39 Å². The van der Waals surface area contributed by atoms with Crippen molar-refractivity contribution < 1.29 is 4.39 Å². The third kappa shape index (κ3) is 2.51. The first-order chi connectivity index (χ1) is 9.63. The van der Waals surface area contributed by atoms with Gasteiger partial charge < -0.3 is 10.2 Å². The molecule has 0 aliphatic carbocycles. The second-order valence-corrected chi connectivity index (χ2v) is 5.27. The number of halogens is 1. The molecule has 1 fully saturated rings. The van der Waals surface area contributed by atoms with Gasteiger partial charge >= 0.3 is 0 Å². The van der Waals surface area contributed by atoms with E-state index in [1.54, 1.807) is 6.07 Å². The van der Waals surface area contributed by atoms with E-state index in [0.717, 1.165) is 25.2 Å². The van der Waals surface area contributed by atoms with Crippen molar-refractivity contribution in [3.63, 3.8) is 0 Å². The summed E-state index contributed by atoms with van der Waals surface area (Å²) in [6.45, 7) is 6.61. The van der Waals surface area contributed by atoms with Crippen molar-refractivity contribution in [2.75, 3.05) is 24.5 Å². The summed E-state index contributed by atoms with van der Waals surface area (Å²) in [7, 11) is 0. The van der Waals surface area contributed by atoms with E-state index in [4.69, 9.17) is 0 Å². The lowest BCUT2D eigenvalue weighted by Gasteiger charge is -2.30. The number of H-pyrrole nitrogens is 1. The summed E-state index contributed by atoms with van der Waals surface area (Å²) in [6, 6.07) is 5.51. The van der Waals surface area contributed by atoms with Crippen LogP contribution in [0.3, 0.4) is 0 Å². The lowest BCUT2D eigenvalue weighted by Crippen LogP contribution is -2.49. The van der Waals surface area contributed by atoms with Crippen molar-refractivity contribution in [1.29, 1.82) is 0 Å². The molecule has 2 N–H and O–H groups in total. The SMILES string of the molecule is Cc1ccc(-c2nc(N3CCNC(C)C3)n[nH]2)c(F)c1. The van der Waals surface area contributed by atoms with Crippen molar-refractivity contribution in [1.82, 2.24) is 20.5 Å². The first-order valence-corrected chi connectivity index (χ1v) is 6.81. The Labute approximate surface area is 117 Å². The Morgan fingerprint density at radius 3 is 3.00 bits per heavy atom. The highest BCUT2D eigenvalue weighted by Gasteiger charge is 2.20. The van der Waals surface area contributed by atoms with E-state index >= 15 is 0 Å². The van der Waals surface area contributed by atoms with Crippen LogP contribution in [-0.2, 0) is 0 Å². The number of anilines is 1. The number of aromatic nitrogens is 3. The van der Waals surface area contributed by atoms with E-state index in [9.17, 15) is 4.39 Å². The molecule has 2 aromatic rings. The Bertz CT molecular complexity index is 609. The van der Waals surface area contributed by atoms with E-state index in [-0.39, 0.29) is 5.82 Å². The second kappa shape index (κ2) is 5.20. The first-order valence-electron chi connectivity index (χ1n) is 6.81. The molecule has 106 valence electrons. The monoisotopic (exact) mass is 275 g/mol. The minimum atomic E-state index is -0.277. The fourth-order valence-electron chi connectivity index (χ4n) is 2.44. The molecule has 0 spiro atoms. The maximum Gasteiger partial charge on any atom is 0.245 e. The van der Waals surface area contributed by atoms with Gasteiger partial charge in [-0.2, -0.15) is 4.98 Å². The van der Waals surface area contributed by atoms with Gasteiger partial charge in [-0.05, 0) is 31.5 Å². The van der Waals surface area contributed by atoms with Gasteiger partial charge in [0.15, 0.2) is 5.82 Å². The van der Waals surface area contributed by atoms with Gasteiger partial charge in [-0.1, -0.05) is 6.07 Å². The van der Waals surface area contributed by atoms with Crippen LogP contribution in [0, 0.1) is 12.7 Å². The number of aryl methyl sites for hydroxylation is 1. The normalized spacial score (nSPS) is 19.4. The third-order valence-electron chi connectivity index (χ3n) is 3.50. The molecule has 6 heteroatoms. The van der Waals surface area contributed by atoms with Gasteiger partial charge in [0.05, 0.1) is 5.56 Å². The van der Waals surface area contributed by atoms with Crippen LogP contribution in [0.25, 0.3) is 11.4 Å². The molecule has 1 aliphatic rings. The van der Waals surface area contributed by atoms with Crippen LogP contribution in [-0.4, -0.2) is 40.9 Å². The molecule has 20 heavy (non-hydrogen) atoms. The summed E-state index contributed by atoms with van der Waals surface area (Å²) < 4.78 is 13.9. The van der Waals surface area contributed by atoms with E-state index in [0.29, 0.717) is 23.4 Å². The van der Waals surface area contributed by atoms with Crippen molar-refractivity contribution >= 4 is 5.95 Å². The summed E-state index contributed by atoms with van der Waals surface area (Å²) in [5.41, 5.74) is 1.35. The summed E-state index contributed by atoms with van der Waals surface area (Å²) in [5, 5.41) is 10.4. The Balaban J connectivity index is 1.86. The number of piperazine rings is 1. The van der Waals surface area contributed by atoms with Crippen LogP contribution in [0.15, 0.2) is 18.2 Å². The van der Waals surface area contributed by atoms with Crippen molar-refractivity contribution in [3.8, 4) is 11.4 Å². The number of nitrogens with one attached hydrogen (secondary N) is 2. The number of rotatable bonds is 2. The first kappa shape index (κ1) is 13.1. The number of aromatic amines is 1. The summed E-state index contributed by atoms with van der Waals surface area (Å²) in [6.07, 6.45) is 0. The Morgan fingerprint density at radius 2 is 2.25 bits per heavy atom. The number of nitrogens with zero attached hydrogens (tertiary/aromatic N) is 3. The Hall–Kier alpha value is -1.95. The molecule has 0 bridgehead atoms. The average Bonchev–Trinajstić information content (AvgIpc) is 2.88. The molecule has 1 aromatic heterocycles. The van der Waals surface area contributed by atoms with E-state index < -0.39 is 0 Å². The molecule has 1 atom stereocenters. The molecule has 2 heterocycles. The fourth-order valence-corrected chi connectivity index (χ4v) is 2.44. The highest BCUT2D eigenvalue weighted by molar-refractivity contribution is 5.57. The zero-order valence-electron chi connectivity index (χ0n) is 11.7. The van der Waals surface area contributed by atoms with Crippen LogP contribution < -0.4 is 10.2 Å². The smallest absolute Gasteiger partial charge is 0.245 e. The lowest BCUT2D eigenvalue weighted by molar-refractivity contribution is 0.480. The minimum absolute atomic E-state index is 0.277. The zero-order valence-corrected chi connectivity index (χ0v) is 11.7. The quantitative estimate of drug-likeness (QED) is 0.876. The van der Waals surface area contributed by atoms with Crippen molar-refractivity contribution in [2.45, 2.75) is 19.9 Å². The van der Waals surface area contributed by atoms with Crippen LogP contribution in [0.2, 0.25) is 0 Å². The summed E-state index contributed by atoms with van der Waals surface area (Å²) >= 11 is 0. The lowest BCUT2D eigenvalue weighted by atomic mass is 10.1. The van der Waals surface area contributed by atoms with Crippen LogP contribution >= 0.6 is 0 Å². The highest BCUT2D eigenvalue weighted by Crippen LogP contribution is 2.22. The third-order valence-corrected chi connectivity index (χ3v) is 3.50. The van der Waals surface area contributed by atoms with Gasteiger partial charge in [-0.3, -0.25) is 5.10 Å². The van der Waals surface area contributed by atoms with Crippen molar-refractivity contribution in [3.05, 3.63) is 29.6 Å². The largest absolute Gasteiger partial charge is 0.337 e. The van der Waals surface area contributed by atoms with E-state index in [2.05, 4.69) is 32.3 Å². The van der Waals surface area contributed by atoms with Gasteiger partial charge in [0.25, 0.3) is 0 Å². The molecule has 1 aromatic carbocycles. The second-order valence-electron chi connectivity index (χ2n) is 5.27. The predicted molar refractivity (Wildman–Crippen MR) is 76.2 cm³/mol. The molecule has 1 saturated heterocycles. The van der Waals surface area contributed by atoms with Crippen LogP contribution in [0.5, 0.6) is 0 Å². The molecule has 1 aliphatic heterocycles. The van der Waals surface area contributed by atoms with Gasteiger partial charge in [0.2, 0.25) is 5.95 Å². The number of benzene rings is 1. The van der Waals surface area contributed by atoms with Crippen LogP contribution in [0.4, 0.5) is 10.3 Å². The fraction of sp³-hybridized carbons (Fsp3) is 0.429. The molecular formula is C14H18FN5. The number of hydrogen-bond donors (Lipinski definition) is 2. The van der Waals surface area contributed by atoms with Gasteiger partial charge in [0, 0.05) is 25.7 Å². The minimum Gasteiger partial charge on any atom is -0.337 e. The molecule has 0 amide bonds. The standard InChI is InChI=1S/C14H18FN5/c1-9-3-4-11(12(15)7-9)13-17-14(19-18-13)20-6-5-16-10(2)8-20/h3-4,7,10,16H,5-6,8H2,1-2H3,(H,17,18,19). The maximum absolute atomic E-state index is 13.9. The van der Waals surface area contributed by atoms with Crippen molar-refractivity contribution in [2.24, 2.45) is 0 Å². The average molecular weight is 275 g/mol. The summed E-state index contributed by atoms with van der Waals surface area (Å²) in [4.78, 5) is 6.53. The molecule has 0 saturated carbocycles. The highest BCUT2D eigenvalue weighted by atomic mass is 19.1. The molecular weight excluding hydrogens is 257 g/mol. The molecule has 0 radical (unpaired) electrons. The predicted octanol–water partition coefficient (Wildman–Crippen LogP) is 1.72. The molecule has 1 unspecified atom stereocenters. The topological polar surface area (TPSA) is 56.8 Å². The van der Waals surface area contributed by atoms with E-state index in [1.807, 2.05) is 13.0 Å². The number of hydrogen-bond acceptors (Lipinski definition) is 4. The molecule has 5 nitrogen and oxygen atoms in total. The molecule has 3 rings (SSSR count). The maximum atomic E-state index is 13.9. The zero-order chi connectivity index (χ0) is 14.1. The Kier molecular flexibility index (Phi) is 3.40. The van der Waals surface area contributed by atoms with Gasteiger partial charge in [0.1, 0.15) is 5.82 Å².